The van der Waals surface area contributed by atoms with Crippen molar-refractivity contribution in [3.05, 3.63) is 28.8 Å². The lowest BCUT2D eigenvalue weighted by atomic mass is 9.99. The number of nitrogens with one attached hydrogen (secondary N) is 1. The molecule has 3 heteroatoms. The number of nitrogens with zero attached hydrogens (tertiary/aromatic N) is 1. The SMILES string of the molecule is CC(C)CNCc1ccc(Cl)cc1N1CCCC(C)C1. The predicted molar refractivity (Wildman–Crippen MR) is 88.6 cm³/mol. The number of hydrogen-bond donors (Lipinski definition) is 1. The zero-order valence-electron chi connectivity index (χ0n) is 13.0. The number of hydrogen-bond acceptors (Lipinski definition) is 2. The molecule has 1 aromatic rings. The summed E-state index contributed by atoms with van der Waals surface area (Å²) in [4.78, 5) is 2.51. The monoisotopic (exact) mass is 294 g/mol. The van der Waals surface area contributed by atoms with Crippen LogP contribution in [-0.4, -0.2) is 19.6 Å². The Morgan fingerprint density at radius 1 is 1.40 bits per heavy atom. The lowest BCUT2D eigenvalue weighted by Crippen LogP contribution is -2.35. The summed E-state index contributed by atoms with van der Waals surface area (Å²) >= 11 is 6.21. The van der Waals surface area contributed by atoms with Crippen molar-refractivity contribution in [2.75, 3.05) is 24.5 Å². The lowest BCUT2D eigenvalue weighted by Gasteiger charge is -2.34. The Kier molecular flexibility index (Phi) is 5.74. The molecule has 0 amide bonds. The van der Waals surface area contributed by atoms with Gasteiger partial charge in [-0.1, -0.05) is 38.4 Å². The molecule has 112 valence electrons. The Labute approximate surface area is 128 Å². The zero-order chi connectivity index (χ0) is 14.5. The van der Waals surface area contributed by atoms with Gasteiger partial charge in [-0.3, -0.25) is 0 Å². The topological polar surface area (TPSA) is 15.3 Å². The van der Waals surface area contributed by atoms with Crippen molar-refractivity contribution in [3.8, 4) is 0 Å². The van der Waals surface area contributed by atoms with Crippen LogP contribution in [0.5, 0.6) is 0 Å². The molecule has 1 unspecified atom stereocenters. The van der Waals surface area contributed by atoms with Crippen LogP contribution in [0, 0.1) is 11.8 Å². The van der Waals surface area contributed by atoms with Gasteiger partial charge in [0.15, 0.2) is 0 Å². The first-order chi connectivity index (χ1) is 9.56. The summed E-state index contributed by atoms with van der Waals surface area (Å²) in [6.45, 7) is 11.1. The average Bonchev–Trinajstić information content (AvgIpc) is 2.40. The third kappa shape index (κ3) is 4.39. The quantitative estimate of drug-likeness (QED) is 0.870. The highest BCUT2D eigenvalue weighted by Crippen LogP contribution is 2.29. The van der Waals surface area contributed by atoms with Crippen molar-refractivity contribution < 1.29 is 0 Å². The molecule has 1 fully saturated rings. The molecule has 0 radical (unpaired) electrons. The molecule has 0 aliphatic carbocycles. The van der Waals surface area contributed by atoms with Crippen LogP contribution in [0.15, 0.2) is 18.2 Å². The molecule has 20 heavy (non-hydrogen) atoms. The summed E-state index contributed by atoms with van der Waals surface area (Å²) in [5.74, 6) is 1.46. The second-order valence-corrected chi connectivity index (χ2v) is 6.93. The van der Waals surface area contributed by atoms with E-state index in [0.717, 1.165) is 37.1 Å². The van der Waals surface area contributed by atoms with Crippen molar-refractivity contribution in [1.82, 2.24) is 5.32 Å². The van der Waals surface area contributed by atoms with E-state index in [-0.39, 0.29) is 0 Å². The summed E-state index contributed by atoms with van der Waals surface area (Å²) in [6, 6.07) is 6.31. The number of halogens is 1. The van der Waals surface area contributed by atoms with Crippen molar-refractivity contribution in [3.63, 3.8) is 0 Å². The fourth-order valence-electron chi connectivity index (χ4n) is 2.88. The molecule has 1 aromatic carbocycles. The molecule has 0 saturated carbocycles. The van der Waals surface area contributed by atoms with Gasteiger partial charge in [-0.15, -0.1) is 0 Å². The third-order valence-electron chi connectivity index (χ3n) is 3.91. The van der Waals surface area contributed by atoms with E-state index < -0.39 is 0 Å². The van der Waals surface area contributed by atoms with Crippen LogP contribution >= 0.6 is 11.6 Å². The molecule has 1 N–H and O–H groups in total. The summed E-state index contributed by atoms with van der Waals surface area (Å²) in [5, 5.41) is 4.38. The van der Waals surface area contributed by atoms with Crippen LogP contribution in [0.1, 0.15) is 39.2 Å². The molecule has 1 atom stereocenters. The Hall–Kier alpha value is -0.730. The first kappa shape index (κ1) is 15.7. The van der Waals surface area contributed by atoms with E-state index in [1.165, 1.54) is 24.1 Å². The first-order valence-corrected chi connectivity index (χ1v) is 8.18. The molecule has 0 aromatic heterocycles. The van der Waals surface area contributed by atoms with Crippen molar-refractivity contribution >= 4 is 17.3 Å². The van der Waals surface area contributed by atoms with Gasteiger partial charge >= 0.3 is 0 Å². The fraction of sp³-hybridized carbons (Fsp3) is 0.647. The highest BCUT2D eigenvalue weighted by Gasteiger charge is 2.19. The van der Waals surface area contributed by atoms with Crippen LogP contribution < -0.4 is 10.2 Å². The van der Waals surface area contributed by atoms with Crippen LogP contribution in [0.2, 0.25) is 5.02 Å². The maximum atomic E-state index is 6.21. The Balaban J connectivity index is 2.10. The molecule has 1 saturated heterocycles. The standard InChI is InChI=1S/C17H27ClN2/c1-13(2)10-19-11-15-6-7-16(18)9-17(15)20-8-4-5-14(3)12-20/h6-7,9,13-14,19H,4-5,8,10-12H2,1-3H3. The molecule has 1 heterocycles. The summed E-state index contributed by atoms with van der Waals surface area (Å²) < 4.78 is 0. The Morgan fingerprint density at radius 2 is 2.20 bits per heavy atom. The first-order valence-electron chi connectivity index (χ1n) is 7.80. The molecule has 2 rings (SSSR count). The summed E-state index contributed by atoms with van der Waals surface area (Å²) in [6.07, 6.45) is 2.63. The minimum absolute atomic E-state index is 0.681. The van der Waals surface area contributed by atoms with Gasteiger partial charge in [0.05, 0.1) is 0 Å². The minimum atomic E-state index is 0.681. The smallest absolute Gasteiger partial charge is 0.0426 e. The van der Waals surface area contributed by atoms with E-state index in [9.17, 15) is 0 Å². The van der Waals surface area contributed by atoms with Crippen LogP contribution in [-0.2, 0) is 6.54 Å². The van der Waals surface area contributed by atoms with Gasteiger partial charge in [0, 0.05) is 30.3 Å². The Bertz CT molecular complexity index is 431. The van der Waals surface area contributed by atoms with E-state index in [4.69, 9.17) is 11.6 Å². The van der Waals surface area contributed by atoms with Crippen molar-refractivity contribution in [2.24, 2.45) is 11.8 Å². The molecule has 0 spiro atoms. The molecular formula is C17H27ClN2. The van der Waals surface area contributed by atoms with Gasteiger partial charge in [-0.25, -0.2) is 0 Å². The second kappa shape index (κ2) is 7.33. The van der Waals surface area contributed by atoms with E-state index in [1.807, 2.05) is 6.07 Å². The Morgan fingerprint density at radius 3 is 2.90 bits per heavy atom. The normalized spacial score (nSPS) is 19.6. The third-order valence-corrected chi connectivity index (χ3v) is 4.15. The van der Waals surface area contributed by atoms with Gasteiger partial charge in [0.1, 0.15) is 0 Å². The second-order valence-electron chi connectivity index (χ2n) is 6.49. The van der Waals surface area contributed by atoms with Gasteiger partial charge in [-0.2, -0.15) is 0 Å². The van der Waals surface area contributed by atoms with Crippen molar-refractivity contribution in [1.29, 1.82) is 0 Å². The predicted octanol–water partition coefficient (Wildman–Crippen LogP) is 4.32. The number of piperidine rings is 1. The van der Waals surface area contributed by atoms with Gasteiger partial charge < -0.3 is 10.2 Å². The zero-order valence-corrected chi connectivity index (χ0v) is 13.7. The summed E-state index contributed by atoms with van der Waals surface area (Å²) in [5.41, 5.74) is 2.68. The highest BCUT2D eigenvalue weighted by molar-refractivity contribution is 6.30. The van der Waals surface area contributed by atoms with Crippen molar-refractivity contribution in [2.45, 2.75) is 40.2 Å². The van der Waals surface area contributed by atoms with Gasteiger partial charge in [-0.05, 0) is 48.9 Å². The molecule has 1 aliphatic heterocycles. The van der Waals surface area contributed by atoms with Crippen LogP contribution in [0.4, 0.5) is 5.69 Å². The van der Waals surface area contributed by atoms with Gasteiger partial charge in [0.2, 0.25) is 0 Å². The maximum Gasteiger partial charge on any atom is 0.0426 e. The van der Waals surface area contributed by atoms with Gasteiger partial charge in [0.25, 0.3) is 0 Å². The van der Waals surface area contributed by atoms with E-state index >= 15 is 0 Å². The number of rotatable bonds is 5. The number of benzene rings is 1. The molecule has 2 nitrogen and oxygen atoms in total. The maximum absolute atomic E-state index is 6.21. The fourth-order valence-corrected chi connectivity index (χ4v) is 3.05. The molecule has 1 aliphatic rings. The highest BCUT2D eigenvalue weighted by atomic mass is 35.5. The molecule has 0 bridgehead atoms. The van der Waals surface area contributed by atoms with E-state index in [0.29, 0.717) is 5.92 Å². The lowest BCUT2D eigenvalue weighted by molar-refractivity contribution is 0.445. The number of anilines is 1. The summed E-state index contributed by atoms with van der Waals surface area (Å²) in [7, 11) is 0. The average molecular weight is 295 g/mol. The van der Waals surface area contributed by atoms with E-state index in [1.54, 1.807) is 0 Å². The largest absolute Gasteiger partial charge is 0.371 e. The van der Waals surface area contributed by atoms with Crippen LogP contribution in [0.25, 0.3) is 0 Å². The minimum Gasteiger partial charge on any atom is -0.371 e. The van der Waals surface area contributed by atoms with E-state index in [2.05, 4.69) is 43.1 Å². The van der Waals surface area contributed by atoms with Crippen LogP contribution in [0.3, 0.4) is 0 Å². The molecular weight excluding hydrogens is 268 g/mol.